The van der Waals surface area contributed by atoms with E-state index in [4.69, 9.17) is 4.74 Å². The highest BCUT2D eigenvalue weighted by atomic mass is 16.5. The number of ether oxygens (including phenoxy) is 1. The Balaban J connectivity index is 3.60. The summed E-state index contributed by atoms with van der Waals surface area (Å²) in [6, 6.07) is 0.648. The van der Waals surface area contributed by atoms with Gasteiger partial charge in [-0.05, 0) is 46.3 Å². The Morgan fingerprint density at radius 2 is 1.94 bits per heavy atom. The molecule has 1 N–H and O–H groups in total. The van der Waals surface area contributed by atoms with Crippen molar-refractivity contribution in [1.82, 2.24) is 10.2 Å². The Bertz CT molecular complexity index is 142. The van der Waals surface area contributed by atoms with E-state index in [1.165, 1.54) is 12.8 Å². The fourth-order valence-electron chi connectivity index (χ4n) is 1.81. The fraction of sp³-hybridized carbons (Fsp3) is 1.00. The average Bonchev–Trinajstić information content (AvgIpc) is 2.30. The lowest BCUT2D eigenvalue weighted by Gasteiger charge is -2.27. The average molecular weight is 230 g/mol. The molecule has 1 atom stereocenters. The minimum atomic E-state index is 0.648. The van der Waals surface area contributed by atoms with E-state index in [0.29, 0.717) is 6.04 Å². The molecule has 0 heterocycles. The first-order valence-electron chi connectivity index (χ1n) is 6.78. The molecule has 0 aliphatic rings. The van der Waals surface area contributed by atoms with Gasteiger partial charge < -0.3 is 10.1 Å². The molecule has 0 aliphatic carbocycles. The van der Waals surface area contributed by atoms with Gasteiger partial charge in [0.25, 0.3) is 0 Å². The van der Waals surface area contributed by atoms with Crippen molar-refractivity contribution in [2.75, 3.05) is 39.4 Å². The molecule has 3 nitrogen and oxygen atoms in total. The van der Waals surface area contributed by atoms with Gasteiger partial charge in [0.15, 0.2) is 0 Å². The molecular formula is C13H30N2O. The van der Waals surface area contributed by atoms with Gasteiger partial charge in [-0.15, -0.1) is 0 Å². The van der Waals surface area contributed by atoms with Crippen LogP contribution in [0.4, 0.5) is 0 Å². The van der Waals surface area contributed by atoms with E-state index >= 15 is 0 Å². The third kappa shape index (κ3) is 8.08. The SMILES string of the molecule is CCCNCCC(C)N(CC)CCOCC. The van der Waals surface area contributed by atoms with E-state index in [9.17, 15) is 0 Å². The number of likely N-dealkylation sites (N-methyl/N-ethyl adjacent to an activating group) is 1. The van der Waals surface area contributed by atoms with Crippen molar-refractivity contribution in [2.45, 2.75) is 46.6 Å². The molecule has 0 saturated carbocycles. The minimum Gasteiger partial charge on any atom is -0.380 e. The van der Waals surface area contributed by atoms with Crippen molar-refractivity contribution >= 4 is 0 Å². The van der Waals surface area contributed by atoms with Gasteiger partial charge in [-0.3, -0.25) is 4.90 Å². The number of nitrogens with zero attached hydrogens (tertiary/aromatic N) is 1. The first-order valence-corrected chi connectivity index (χ1v) is 6.78. The van der Waals surface area contributed by atoms with Crippen LogP contribution in [0.3, 0.4) is 0 Å². The molecule has 0 radical (unpaired) electrons. The number of rotatable bonds is 11. The molecule has 0 saturated heterocycles. The van der Waals surface area contributed by atoms with E-state index in [1.807, 2.05) is 6.92 Å². The van der Waals surface area contributed by atoms with Crippen molar-refractivity contribution in [3.8, 4) is 0 Å². The van der Waals surface area contributed by atoms with Gasteiger partial charge in [-0.2, -0.15) is 0 Å². The van der Waals surface area contributed by atoms with Crippen LogP contribution in [-0.2, 0) is 4.74 Å². The molecule has 0 rings (SSSR count). The highest BCUT2D eigenvalue weighted by Gasteiger charge is 2.10. The molecule has 0 aromatic rings. The zero-order valence-corrected chi connectivity index (χ0v) is 11.6. The van der Waals surface area contributed by atoms with Crippen molar-refractivity contribution in [3.63, 3.8) is 0 Å². The molecule has 16 heavy (non-hydrogen) atoms. The van der Waals surface area contributed by atoms with Gasteiger partial charge in [-0.1, -0.05) is 13.8 Å². The Hall–Kier alpha value is -0.120. The Labute approximate surface area is 102 Å². The van der Waals surface area contributed by atoms with Crippen molar-refractivity contribution < 1.29 is 4.74 Å². The van der Waals surface area contributed by atoms with Gasteiger partial charge in [0.05, 0.1) is 6.61 Å². The van der Waals surface area contributed by atoms with E-state index < -0.39 is 0 Å². The lowest BCUT2D eigenvalue weighted by Crippen LogP contribution is -2.37. The van der Waals surface area contributed by atoms with Crippen molar-refractivity contribution in [2.24, 2.45) is 0 Å². The second-order valence-electron chi connectivity index (χ2n) is 4.21. The van der Waals surface area contributed by atoms with E-state index in [2.05, 4.69) is 31.0 Å². The highest BCUT2D eigenvalue weighted by molar-refractivity contribution is 4.67. The molecule has 0 aromatic heterocycles. The summed E-state index contributed by atoms with van der Waals surface area (Å²) >= 11 is 0. The van der Waals surface area contributed by atoms with E-state index in [-0.39, 0.29) is 0 Å². The van der Waals surface area contributed by atoms with Crippen molar-refractivity contribution in [3.05, 3.63) is 0 Å². The summed E-state index contributed by atoms with van der Waals surface area (Å²) in [5.41, 5.74) is 0. The first-order chi connectivity index (χ1) is 7.76. The van der Waals surface area contributed by atoms with E-state index in [0.717, 1.165) is 39.4 Å². The highest BCUT2D eigenvalue weighted by Crippen LogP contribution is 2.02. The van der Waals surface area contributed by atoms with Gasteiger partial charge in [0.1, 0.15) is 0 Å². The third-order valence-corrected chi connectivity index (χ3v) is 2.92. The summed E-state index contributed by atoms with van der Waals surface area (Å²) in [7, 11) is 0. The molecule has 0 amide bonds. The van der Waals surface area contributed by atoms with Crippen LogP contribution in [0, 0.1) is 0 Å². The molecular weight excluding hydrogens is 200 g/mol. The van der Waals surface area contributed by atoms with Crippen LogP contribution in [-0.4, -0.2) is 50.3 Å². The summed E-state index contributed by atoms with van der Waals surface area (Å²) in [6.07, 6.45) is 2.44. The largest absolute Gasteiger partial charge is 0.380 e. The van der Waals surface area contributed by atoms with Gasteiger partial charge in [0, 0.05) is 19.2 Å². The first kappa shape index (κ1) is 15.9. The zero-order chi connectivity index (χ0) is 12.2. The second-order valence-corrected chi connectivity index (χ2v) is 4.21. The topological polar surface area (TPSA) is 24.5 Å². The second kappa shape index (κ2) is 11.4. The van der Waals surface area contributed by atoms with E-state index in [1.54, 1.807) is 0 Å². The summed E-state index contributed by atoms with van der Waals surface area (Å²) in [5, 5.41) is 3.45. The van der Waals surface area contributed by atoms with Gasteiger partial charge >= 0.3 is 0 Å². The van der Waals surface area contributed by atoms with Crippen LogP contribution in [0.5, 0.6) is 0 Å². The third-order valence-electron chi connectivity index (χ3n) is 2.92. The number of hydrogen-bond acceptors (Lipinski definition) is 3. The molecule has 3 heteroatoms. The smallest absolute Gasteiger partial charge is 0.0593 e. The molecule has 0 spiro atoms. The summed E-state index contributed by atoms with van der Waals surface area (Å²) < 4.78 is 5.40. The normalized spacial score (nSPS) is 13.3. The summed E-state index contributed by atoms with van der Waals surface area (Å²) in [4.78, 5) is 2.49. The number of hydrogen-bond donors (Lipinski definition) is 1. The fourth-order valence-corrected chi connectivity index (χ4v) is 1.81. The maximum atomic E-state index is 5.40. The monoisotopic (exact) mass is 230 g/mol. The molecule has 0 fully saturated rings. The molecule has 0 aliphatic heterocycles. The van der Waals surface area contributed by atoms with Crippen LogP contribution in [0.1, 0.15) is 40.5 Å². The van der Waals surface area contributed by atoms with Gasteiger partial charge in [0.2, 0.25) is 0 Å². The lowest BCUT2D eigenvalue weighted by molar-refractivity contribution is 0.0982. The van der Waals surface area contributed by atoms with Crippen LogP contribution in [0.2, 0.25) is 0 Å². The predicted octanol–water partition coefficient (Wildman–Crippen LogP) is 2.12. The zero-order valence-electron chi connectivity index (χ0n) is 11.6. The number of nitrogens with one attached hydrogen (secondary N) is 1. The van der Waals surface area contributed by atoms with Crippen LogP contribution < -0.4 is 5.32 Å². The summed E-state index contributed by atoms with van der Waals surface area (Å²) in [5.74, 6) is 0. The summed E-state index contributed by atoms with van der Waals surface area (Å²) in [6.45, 7) is 14.9. The molecule has 98 valence electrons. The standard InChI is InChI=1S/C13H30N2O/c1-5-9-14-10-8-13(4)15(6-2)11-12-16-7-3/h13-14H,5-12H2,1-4H3. The molecule has 0 aromatic carbocycles. The molecule has 1 unspecified atom stereocenters. The lowest BCUT2D eigenvalue weighted by atomic mass is 10.2. The quantitative estimate of drug-likeness (QED) is 0.550. The maximum absolute atomic E-state index is 5.40. The minimum absolute atomic E-state index is 0.648. The predicted molar refractivity (Wildman–Crippen MR) is 71.0 cm³/mol. The van der Waals surface area contributed by atoms with Crippen molar-refractivity contribution in [1.29, 1.82) is 0 Å². The molecule has 0 bridgehead atoms. The van der Waals surface area contributed by atoms with Crippen LogP contribution in [0.25, 0.3) is 0 Å². The van der Waals surface area contributed by atoms with Crippen LogP contribution in [0.15, 0.2) is 0 Å². The van der Waals surface area contributed by atoms with Crippen LogP contribution >= 0.6 is 0 Å². The Kier molecular flexibility index (Phi) is 11.3. The Morgan fingerprint density at radius 1 is 1.19 bits per heavy atom. The maximum Gasteiger partial charge on any atom is 0.0593 e. The van der Waals surface area contributed by atoms with Gasteiger partial charge in [-0.25, -0.2) is 0 Å². The Morgan fingerprint density at radius 3 is 2.50 bits per heavy atom.